The predicted octanol–water partition coefficient (Wildman–Crippen LogP) is 0.925. The number of nitrogens with two attached hydrogens (primary N) is 2. The number of primary amides is 1. The summed E-state index contributed by atoms with van der Waals surface area (Å²) in [4.78, 5) is 19.4. The second-order valence-corrected chi connectivity index (χ2v) is 3.96. The van der Waals surface area contributed by atoms with E-state index in [1.807, 2.05) is 6.92 Å². The summed E-state index contributed by atoms with van der Waals surface area (Å²) in [6.07, 6.45) is 3.89. The topological polar surface area (TPSA) is 120 Å². The van der Waals surface area contributed by atoms with Crippen LogP contribution >= 0.6 is 0 Å². The van der Waals surface area contributed by atoms with Crippen LogP contribution in [-0.2, 0) is 13.0 Å². The summed E-state index contributed by atoms with van der Waals surface area (Å²) in [6.45, 7) is 2.29. The summed E-state index contributed by atoms with van der Waals surface area (Å²) in [5.41, 5.74) is 11.4. The van der Waals surface area contributed by atoms with Gasteiger partial charge in [0.05, 0.1) is 30.2 Å². The predicted molar refractivity (Wildman–Crippen MR) is 70.4 cm³/mol. The van der Waals surface area contributed by atoms with Crippen molar-refractivity contribution in [2.75, 3.05) is 11.1 Å². The van der Waals surface area contributed by atoms with Gasteiger partial charge in [0.25, 0.3) is 5.91 Å². The van der Waals surface area contributed by atoms with Gasteiger partial charge in [0.15, 0.2) is 0 Å². The van der Waals surface area contributed by atoms with Gasteiger partial charge in [-0.05, 0) is 6.07 Å². The Bertz CT molecular complexity index is 594. The van der Waals surface area contributed by atoms with Crippen LogP contribution in [0.5, 0.6) is 0 Å². The first-order chi connectivity index (χ1) is 9.10. The Kier molecular flexibility index (Phi) is 3.65. The summed E-state index contributed by atoms with van der Waals surface area (Å²) < 4.78 is 5.44. The molecule has 100 valence electrons. The molecular formula is C12H15N5O2. The third-order valence-corrected chi connectivity index (χ3v) is 2.53. The van der Waals surface area contributed by atoms with E-state index in [4.69, 9.17) is 15.9 Å². The lowest BCUT2D eigenvalue weighted by molar-refractivity contribution is 0.100. The molecule has 0 atom stereocenters. The van der Waals surface area contributed by atoms with Gasteiger partial charge < -0.3 is 21.2 Å². The van der Waals surface area contributed by atoms with E-state index in [0.29, 0.717) is 23.9 Å². The molecule has 7 nitrogen and oxygen atoms in total. The first-order valence-electron chi connectivity index (χ1n) is 5.83. The Labute approximate surface area is 110 Å². The van der Waals surface area contributed by atoms with E-state index in [-0.39, 0.29) is 5.56 Å². The van der Waals surface area contributed by atoms with Crippen molar-refractivity contribution in [1.29, 1.82) is 0 Å². The number of hydrogen-bond acceptors (Lipinski definition) is 6. The molecule has 7 heteroatoms. The first kappa shape index (κ1) is 12.9. The number of oxazole rings is 1. The molecule has 0 unspecified atom stereocenters. The number of carbonyl (C=O) groups excluding carboxylic acids is 1. The van der Waals surface area contributed by atoms with Crippen LogP contribution in [0, 0.1) is 0 Å². The fourth-order valence-electron chi connectivity index (χ4n) is 1.56. The minimum atomic E-state index is -0.594. The SMILES string of the molecule is CCc1cnc(CNc2ncc(N)cc2C(N)=O)o1. The number of hydrogen-bond donors (Lipinski definition) is 3. The second kappa shape index (κ2) is 5.38. The quantitative estimate of drug-likeness (QED) is 0.736. The van der Waals surface area contributed by atoms with Crippen molar-refractivity contribution in [3.8, 4) is 0 Å². The number of amides is 1. The Hall–Kier alpha value is -2.57. The smallest absolute Gasteiger partial charge is 0.252 e. The Morgan fingerprint density at radius 1 is 1.42 bits per heavy atom. The third-order valence-electron chi connectivity index (χ3n) is 2.53. The molecule has 0 fully saturated rings. The maximum Gasteiger partial charge on any atom is 0.252 e. The number of anilines is 2. The van der Waals surface area contributed by atoms with Crippen molar-refractivity contribution >= 4 is 17.4 Å². The molecule has 2 aromatic rings. The lowest BCUT2D eigenvalue weighted by Crippen LogP contribution is -2.16. The second-order valence-electron chi connectivity index (χ2n) is 3.96. The van der Waals surface area contributed by atoms with Gasteiger partial charge >= 0.3 is 0 Å². The average Bonchev–Trinajstić information content (AvgIpc) is 2.85. The number of aromatic nitrogens is 2. The van der Waals surface area contributed by atoms with E-state index in [1.165, 1.54) is 12.3 Å². The molecule has 2 rings (SSSR count). The van der Waals surface area contributed by atoms with Crippen LogP contribution in [0.15, 0.2) is 22.9 Å². The summed E-state index contributed by atoms with van der Waals surface area (Å²) in [7, 11) is 0. The van der Waals surface area contributed by atoms with Crippen LogP contribution in [0.4, 0.5) is 11.5 Å². The number of rotatable bonds is 5. The largest absolute Gasteiger partial charge is 0.444 e. The van der Waals surface area contributed by atoms with Crippen molar-refractivity contribution < 1.29 is 9.21 Å². The van der Waals surface area contributed by atoms with E-state index in [9.17, 15) is 4.79 Å². The lowest BCUT2D eigenvalue weighted by Gasteiger charge is -2.07. The lowest BCUT2D eigenvalue weighted by atomic mass is 10.2. The van der Waals surface area contributed by atoms with Crippen molar-refractivity contribution in [3.63, 3.8) is 0 Å². The molecule has 19 heavy (non-hydrogen) atoms. The van der Waals surface area contributed by atoms with Gasteiger partial charge in [-0.1, -0.05) is 6.92 Å². The van der Waals surface area contributed by atoms with Crippen molar-refractivity contribution in [1.82, 2.24) is 9.97 Å². The van der Waals surface area contributed by atoms with Crippen molar-refractivity contribution in [2.24, 2.45) is 5.73 Å². The van der Waals surface area contributed by atoms with E-state index >= 15 is 0 Å². The van der Waals surface area contributed by atoms with Crippen LogP contribution in [0.1, 0.15) is 28.9 Å². The zero-order valence-corrected chi connectivity index (χ0v) is 10.5. The van der Waals surface area contributed by atoms with Crippen molar-refractivity contribution in [2.45, 2.75) is 19.9 Å². The molecule has 0 aromatic carbocycles. The number of carbonyl (C=O) groups is 1. The number of nitrogens with one attached hydrogen (secondary N) is 1. The van der Waals surface area contributed by atoms with E-state index in [2.05, 4.69) is 15.3 Å². The molecule has 0 spiro atoms. The van der Waals surface area contributed by atoms with Gasteiger partial charge in [0, 0.05) is 6.42 Å². The standard InChI is InChI=1S/C12H15N5O2/c1-2-8-5-15-10(19-8)6-17-12-9(11(14)18)3-7(13)4-16-12/h3-5H,2,6,13H2,1H3,(H2,14,18)(H,16,17). The van der Waals surface area contributed by atoms with Gasteiger partial charge in [-0.25, -0.2) is 9.97 Å². The third kappa shape index (κ3) is 3.01. The highest BCUT2D eigenvalue weighted by atomic mass is 16.4. The van der Waals surface area contributed by atoms with Crippen LogP contribution in [0.2, 0.25) is 0 Å². The van der Waals surface area contributed by atoms with Gasteiger partial charge in [-0.15, -0.1) is 0 Å². The van der Waals surface area contributed by atoms with Crippen molar-refractivity contribution in [3.05, 3.63) is 35.7 Å². The molecule has 0 radical (unpaired) electrons. The summed E-state index contributed by atoms with van der Waals surface area (Å²) in [5.74, 6) is 1.09. The first-order valence-corrected chi connectivity index (χ1v) is 5.83. The maximum atomic E-state index is 11.3. The molecule has 0 aliphatic rings. The fourth-order valence-corrected chi connectivity index (χ4v) is 1.56. The van der Waals surface area contributed by atoms with E-state index in [1.54, 1.807) is 6.20 Å². The average molecular weight is 261 g/mol. The maximum absolute atomic E-state index is 11.3. The summed E-state index contributed by atoms with van der Waals surface area (Å²) in [6, 6.07) is 1.48. The molecule has 5 N–H and O–H groups in total. The minimum Gasteiger partial charge on any atom is -0.444 e. The van der Waals surface area contributed by atoms with Crippen LogP contribution in [-0.4, -0.2) is 15.9 Å². The molecule has 0 aliphatic heterocycles. The summed E-state index contributed by atoms with van der Waals surface area (Å²) >= 11 is 0. The number of pyridine rings is 1. The van der Waals surface area contributed by atoms with E-state index in [0.717, 1.165) is 12.2 Å². The van der Waals surface area contributed by atoms with E-state index < -0.39 is 5.91 Å². The minimum absolute atomic E-state index is 0.238. The normalized spacial score (nSPS) is 10.4. The van der Waals surface area contributed by atoms with Gasteiger partial charge in [-0.3, -0.25) is 4.79 Å². The molecule has 1 amide bonds. The zero-order chi connectivity index (χ0) is 13.8. The van der Waals surface area contributed by atoms with Crippen LogP contribution < -0.4 is 16.8 Å². The van der Waals surface area contributed by atoms with Gasteiger partial charge in [0.1, 0.15) is 11.6 Å². The Morgan fingerprint density at radius 2 is 2.21 bits per heavy atom. The van der Waals surface area contributed by atoms with Gasteiger partial charge in [0.2, 0.25) is 5.89 Å². The summed E-state index contributed by atoms with van der Waals surface area (Å²) in [5, 5.41) is 2.95. The highest BCUT2D eigenvalue weighted by molar-refractivity contribution is 5.98. The molecule has 0 saturated heterocycles. The zero-order valence-electron chi connectivity index (χ0n) is 10.5. The van der Waals surface area contributed by atoms with Crippen LogP contribution in [0.3, 0.4) is 0 Å². The molecule has 0 bridgehead atoms. The molecule has 2 heterocycles. The Balaban J connectivity index is 2.12. The molecule has 0 aliphatic carbocycles. The number of nitrogen functional groups attached to an aromatic ring is 1. The molecule has 0 saturated carbocycles. The molecular weight excluding hydrogens is 246 g/mol. The fraction of sp³-hybridized carbons (Fsp3) is 0.250. The molecule has 2 aromatic heterocycles. The van der Waals surface area contributed by atoms with Crippen LogP contribution in [0.25, 0.3) is 0 Å². The Morgan fingerprint density at radius 3 is 2.84 bits per heavy atom. The van der Waals surface area contributed by atoms with Gasteiger partial charge in [-0.2, -0.15) is 0 Å². The monoisotopic (exact) mass is 261 g/mol. The highest BCUT2D eigenvalue weighted by Crippen LogP contribution is 2.16. The number of nitrogens with zero attached hydrogens (tertiary/aromatic N) is 2. The highest BCUT2D eigenvalue weighted by Gasteiger charge is 2.11. The number of aryl methyl sites for hydroxylation is 1.